The van der Waals surface area contributed by atoms with Gasteiger partial charge in [0.25, 0.3) is 5.91 Å². The first-order chi connectivity index (χ1) is 15.5. The molecule has 3 amide bonds. The molecule has 1 saturated heterocycles. The molecule has 32 heavy (non-hydrogen) atoms. The van der Waals surface area contributed by atoms with Crippen molar-refractivity contribution in [2.45, 2.75) is 51.7 Å². The minimum Gasteiger partial charge on any atom is -0.490 e. The molecule has 0 unspecified atom stereocenters. The second-order valence-electron chi connectivity index (χ2n) is 8.01. The third kappa shape index (κ3) is 5.07. The van der Waals surface area contributed by atoms with Gasteiger partial charge in [-0.2, -0.15) is 0 Å². The van der Waals surface area contributed by atoms with Gasteiger partial charge in [-0.25, -0.2) is 4.79 Å². The van der Waals surface area contributed by atoms with Crippen LogP contribution in [0.25, 0.3) is 6.08 Å². The van der Waals surface area contributed by atoms with Crippen LogP contribution in [0.4, 0.5) is 4.79 Å². The van der Waals surface area contributed by atoms with Crippen LogP contribution in [0, 0.1) is 0 Å². The zero-order valence-corrected chi connectivity index (χ0v) is 18.9. The minimum atomic E-state index is -0.334. The lowest BCUT2D eigenvalue weighted by atomic mass is 9.94. The quantitative estimate of drug-likeness (QED) is 0.440. The average Bonchev–Trinajstić information content (AvgIpc) is 3.07. The number of amides is 3. The van der Waals surface area contributed by atoms with E-state index in [4.69, 9.17) is 21.1 Å². The topological polar surface area (TPSA) is 67.9 Å². The second kappa shape index (κ2) is 10.1. The van der Waals surface area contributed by atoms with Gasteiger partial charge in [-0.1, -0.05) is 49.1 Å². The van der Waals surface area contributed by atoms with Gasteiger partial charge in [0.2, 0.25) is 0 Å². The van der Waals surface area contributed by atoms with Crippen LogP contribution in [-0.4, -0.2) is 29.5 Å². The van der Waals surface area contributed by atoms with Crippen molar-refractivity contribution in [2.75, 3.05) is 6.61 Å². The maximum absolute atomic E-state index is 12.9. The summed E-state index contributed by atoms with van der Waals surface area (Å²) in [5, 5.41) is 3.39. The predicted octanol–water partition coefficient (Wildman–Crippen LogP) is 5.54. The Balaban J connectivity index is 1.51. The highest BCUT2D eigenvalue weighted by Gasteiger charge is 2.38. The molecule has 6 nitrogen and oxygen atoms in total. The molecule has 0 radical (unpaired) electrons. The Labute approximate surface area is 193 Å². The Morgan fingerprint density at radius 2 is 1.88 bits per heavy atom. The van der Waals surface area contributed by atoms with Crippen molar-refractivity contribution in [3.8, 4) is 11.5 Å². The summed E-state index contributed by atoms with van der Waals surface area (Å²) in [5.41, 5.74) is 1.99. The van der Waals surface area contributed by atoms with E-state index in [1.165, 1.54) is 4.90 Å². The summed E-state index contributed by atoms with van der Waals surface area (Å²) in [4.78, 5) is 26.7. The molecular formula is C25H27ClN2O4. The molecule has 4 rings (SSSR count). The summed E-state index contributed by atoms with van der Waals surface area (Å²) in [6.07, 6.45) is 6.70. The standard InChI is InChI=1S/C25H27ClN2O4/c1-2-31-23-15-17(11-12-22(23)32-16-18-7-6-8-19(26)13-18)14-21-24(29)28(25(30)27-21)20-9-4-3-5-10-20/h6-8,11-15,20H,2-5,9-10,16H2,1H3,(H,27,30)/b21-14-. The van der Waals surface area contributed by atoms with Gasteiger partial charge in [0.05, 0.1) is 6.61 Å². The molecule has 0 bridgehead atoms. The van der Waals surface area contributed by atoms with E-state index in [1.54, 1.807) is 6.08 Å². The molecule has 1 heterocycles. The number of urea groups is 1. The second-order valence-corrected chi connectivity index (χ2v) is 8.45. The molecule has 2 aromatic carbocycles. The van der Waals surface area contributed by atoms with Crippen LogP contribution in [-0.2, 0) is 11.4 Å². The Hall–Kier alpha value is -2.99. The predicted molar refractivity (Wildman–Crippen MR) is 124 cm³/mol. The van der Waals surface area contributed by atoms with E-state index < -0.39 is 0 Å². The average molecular weight is 455 g/mol. The molecule has 2 fully saturated rings. The van der Waals surface area contributed by atoms with Crippen LogP contribution in [0.2, 0.25) is 5.02 Å². The van der Waals surface area contributed by atoms with Crippen LogP contribution in [0.5, 0.6) is 11.5 Å². The lowest BCUT2D eigenvalue weighted by Gasteiger charge is -2.28. The number of nitrogens with one attached hydrogen (secondary N) is 1. The van der Waals surface area contributed by atoms with Crippen molar-refractivity contribution < 1.29 is 19.1 Å². The molecule has 168 valence electrons. The molecule has 1 aliphatic carbocycles. The molecule has 0 aromatic heterocycles. The van der Waals surface area contributed by atoms with Crippen molar-refractivity contribution in [3.63, 3.8) is 0 Å². The normalized spacial score (nSPS) is 18.2. The van der Waals surface area contributed by atoms with Gasteiger partial charge in [0, 0.05) is 11.1 Å². The maximum atomic E-state index is 12.9. The highest BCUT2D eigenvalue weighted by molar-refractivity contribution is 6.30. The molecule has 7 heteroatoms. The Kier molecular flexibility index (Phi) is 7.00. The highest BCUT2D eigenvalue weighted by Crippen LogP contribution is 2.31. The van der Waals surface area contributed by atoms with Crippen LogP contribution >= 0.6 is 11.6 Å². The van der Waals surface area contributed by atoms with Gasteiger partial charge in [0.1, 0.15) is 12.3 Å². The number of carbonyl (C=O) groups is 2. The first-order valence-electron chi connectivity index (χ1n) is 11.1. The van der Waals surface area contributed by atoms with Gasteiger partial charge in [-0.05, 0) is 61.2 Å². The summed E-state index contributed by atoms with van der Waals surface area (Å²) in [7, 11) is 0. The fraction of sp³-hybridized carbons (Fsp3) is 0.360. The largest absolute Gasteiger partial charge is 0.490 e. The lowest BCUT2D eigenvalue weighted by molar-refractivity contribution is -0.124. The Morgan fingerprint density at radius 3 is 2.62 bits per heavy atom. The van der Waals surface area contributed by atoms with Gasteiger partial charge in [-0.3, -0.25) is 9.69 Å². The third-order valence-corrected chi connectivity index (χ3v) is 5.95. The fourth-order valence-electron chi connectivity index (χ4n) is 4.18. The van der Waals surface area contributed by atoms with E-state index in [0.717, 1.165) is 43.2 Å². The molecule has 1 aliphatic heterocycles. The smallest absolute Gasteiger partial charge is 0.329 e. The van der Waals surface area contributed by atoms with Gasteiger partial charge < -0.3 is 14.8 Å². The molecule has 1 saturated carbocycles. The van der Waals surface area contributed by atoms with Crippen LogP contribution < -0.4 is 14.8 Å². The van der Waals surface area contributed by atoms with E-state index in [9.17, 15) is 9.59 Å². The number of nitrogens with zero attached hydrogens (tertiary/aromatic N) is 1. The van der Waals surface area contributed by atoms with E-state index in [1.807, 2.05) is 49.4 Å². The van der Waals surface area contributed by atoms with E-state index in [0.29, 0.717) is 29.7 Å². The van der Waals surface area contributed by atoms with Gasteiger partial charge in [-0.15, -0.1) is 0 Å². The zero-order chi connectivity index (χ0) is 22.5. The minimum absolute atomic E-state index is 0.0107. The third-order valence-electron chi connectivity index (χ3n) is 5.71. The fourth-order valence-corrected chi connectivity index (χ4v) is 4.39. The van der Waals surface area contributed by atoms with Crippen LogP contribution in [0.3, 0.4) is 0 Å². The Bertz CT molecular complexity index is 1030. The number of carbonyl (C=O) groups excluding carboxylic acids is 2. The summed E-state index contributed by atoms with van der Waals surface area (Å²) >= 11 is 6.04. The first kappa shape index (κ1) is 22.2. The van der Waals surface area contributed by atoms with Crippen LogP contribution in [0.1, 0.15) is 50.2 Å². The van der Waals surface area contributed by atoms with Crippen molar-refractivity contribution in [2.24, 2.45) is 0 Å². The van der Waals surface area contributed by atoms with Crippen molar-refractivity contribution in [3.05, 3.63) is 64.3 Å². The Morgan fingerprint density at radius 1 is 1.06 bits per heavy atom. The van der Waals surface area contributed by atoms with Crippen molar-refractivity contribution in [1.29, 1.82) is 0 Å². The molecule has 0 atom stereocenters. The summed E-state index contributed by atoms with van der Waals surface area (Å²) in [6, 6.07) is 12.6. The number of rotatable bonds is 7. The number of hydrogen-bond acceptors (Lipinski definition) is 4. The highest BCUT2D eigenvalue weighted by atomic mass is 35.5. The number of halogens is 1. The monoisotopic (exact) mass is 454 g/mol. The summed E-state index contributed by atoms with van der Waals surface area (Å²) < 4.78 is 11.7. The van der Waals surface area contributed by atoms with Crippen LogP contribution in [0.15, 0.2) is 48.2 Å². The lowest BCUT2D eigenvalue weighted by Crippen LogP contribution is -2.41. The molecule has 1 N–H and O–H groups in total. The van der Waals surface area contributed by atoms with E-state index in [-0.39, 0.29) is 23.7 Å². The molecule has 2 aromatic rings. The molecule has 2 aliphatic rings. The maximum Gasteiger partial charge on any atom is 0.329 e. The van der Waals surface area contributed by atoms with E-state index >= 15 is 0 Å². The SMILES string of the molecule is CCOc1cc(/C=C2\NC(=O)N(C3CCCCC3)C2=O)ccc1OCc1cccc(Cl)c1. The first-order valence-corrected chi connectivity index (χ1v) is 11.4. The number of ether oxygens (including phenoxy) is 2. The molecular weight excluding hydrogens is 428 g/mol. The van der Waals surface area contributed by atoms with Crippen molar-refractivity contribution in [1.82, 2.24) is 10.2 Å². The van der Waals surface area contributed by atoms with Gasteiger partial charge in [0.15, 0.2) is 11.5 Å². The summed E-state index contributed by atoms with van der Waals surface area (Å²) in [5.74, 6) is 0.908. The number of imide groups is 1. The number of benzene rings is 2. The summed E-state index contributed by atoms with van der Waals surface area (Å²) in [6.45, 7) is 2.72. The zero-order valence-electron chi connectivity index (χ0n) is 18.1. The van der Waals surface area contributed by atoms with Crippen molar-refractivity contribution >= 4 is 29.6 Å². The van der Waals surface area contributed by atoms with Gasteiger partial charge >= 0.3 is 6.03 Å². The molecule has 0 spiro atoms. The number of hydrogen-bond donors (Lipinski definition) is 1. The van der Waals surface area contributed by atoms with E-state index in [2.05, 4.69) is 5.32 Å².